The van der Waals surface area contributed by atoms with Gasteiger partial charge in [-0.05, 0) is 38.0 Å². The summed E-state index contributed by atoms with van der Waals surface area (Å²) in [5.74, 6) is -1.52. The fourth-order valence-corrected chi connectivity index (χ4v) is 2.73. The van der Waals surface area contributed by atoms with Crippen molar-refractivity contribution in [1.29, 1.82) is 0 Å². The normalized spacial score (nSPS) is 14.8. The number of carbonyl (C=O) groups excluding carboxylic acids is 3. The molecule has 0 radical (unpaired) electrons. The Balaban J connectivity index is 1.81. The first-order chi connectivity index (χ1) is 11.9. The summed E-state index contributed by atoms with van der Waals surface area (Å²) in [4.78, 5) is 37.2. The van der Waals surface area contributed by atoms with E-state index in [4.69, 9.17) is 27.9 Å². The van der Waals surface area contributed by atoms with E-state index in [1.165, 1.54) is 12.1 Å². The van der Waals surface area contributed by atoms with Crippen molar-refractivity contribution < 1.29 is 19.1 Å². The molecule has 1 heterocycles. The van der Waals surface area contributed by atoms with Crippen molar-refractivity contribution in [2.24, 2.45) is 0 Å². The molecule has 1 fully saturated rings. The van der Waals surface area contributed by atoms with Crippen molar-refractivity contribution in [3.63, 3.8) is 0 Å². The number of likely N-dealkylation sites (tertiary alicyclic amines) is 1. The molecule has 0 spiro atoms. The quantitative estimate of drug-likeness (QED) is 0.780. The van der Waals surface area contributed by atoms with Gasteiger partial charge in [-0.2, -0.15) is 0 Å². The maximum absolute atomic E-state index is 12.0. The van der Waals surface area contributed by atoms with Crippen LogP contribution in [0.25, 0.3) is 0 Å². The lowest BCUT2D eigenvalue weighted by molar-refractivity contribution is -0.136. The molecule has 1 aromatic carbocycles. The Kier molecular flexibility index (Phi) is 6.90. The number of benzene rings is 1. The number of carbonyl (C=O) groups is 3. The smallest absolute Gasteiger partial charge is 0.409 e. The number of amides is 3. The highest BCUT2D eigenvalue weighted by atomic mass is 35.5. The zero-order valence-corrected chi connectivity index (χ0v) is 15.2. The molecule has 0 aliphatic carbocycles. The Hall–Kier alpha value is -1.99. The first kappa shape index (κ1) is 19.3. The number of anilines is 1. The summed E-state index contributed by atoms with van der Waals surface area (Å²) >= 11 is 11.7. The third kappa shape index (κ3) is 5.51. The zero-order chi connectivity index (χ0) is 18.4. The zero-order valence-electron chi connectivity index (χ0n) is 13.7. The Morgan fingerprint density at radius 2 is 1.84 bits per heavy atom. The molecule has 0 saturated carbocycles. The molecule has 25 heavy (non-hydrogen) atoms. The minimum atomic E-state index is -0.786. The third-order valence-electron chi connectivity index (χ3n) is 3.74. The number of piperidine rings is 1. The molecule has 0 unspecified atom stereocenters. The Morgan fingerprint density at radius 1 is 1.16 bits per heavy atom. The van der Waals surface area contributed by atoms with E-state index >= 15 is 0 Å². The second-order valence-electron chi connectivity index (χ2n) is 5.52. The molecule has 9 heteroatoms. The molecule has 0 aromatic heterocycles. The van der Waals surface area contributed by atoms with E-state index in [1.807, 2.05) is 0 Å². The largest absolute Gasteiger partial charge is 0.450 e. The van der Waals surface area contributed by atoms with Gasteiger partial charge < -0.3 is 20.3 Å². The van der Waals surface area contributed by atoms with Crippen LogP contribution in [0.5, 0.6) is 0 Å². The summed E-state index contributed by atoms with van der Waals surface area (Å²) in [7, 11) is 0. The molecule has 1 aromatic rings. The van der Waals surface area contributed by atoms with Gasteiger partial charge in [0.25, 0.3) is 0 Å². The topological polar surface area (TPSA) is 87.7 Å². The summed E-state index contributed by atoms with van der Waals surface area (Å²) in [5, 5.41) is 5.77. The molecule has 0 bridgehead atoms. The van der Waals surface area contributed by atoms with Gasteiger partial charge in [0.05, 0.1) is 16.7 Å². The van der Waals surface area contributed by atoms with Crippen LogP contribution in [0.2, 0.25) is 10.0 Å². The van der Waals surface area contributed by atoms with E-state index < -0.39 is 11.8 Å². The maximum atomic E-state index is 12.0. The summed E-state index contributed by atoms with van der Waals surface area (Å²) in [5.41, 5.74) is 0.381. The predicted octanol–water partition coefficient (Wildman–Crippen LogP) is 2.67. The van der Waals surface area contributed by atoms with Crippen molar-refractivity contribution in [2.75, 3.05) is 25.0 Å². The Bertz CT molecular complexity index is 661. The molecule has 136 valence electrons. The van der Waals surface area contributed by atoms with Crippen LogP contribution in [-0.2, 0) is 14.3 Å². The van der Waals surface area contributed by atoms with Gasteiger partial charge in [-0.25, -0.2) is 4.79 Å². The van der Waals surface area contributed by atoms with E-state index in [-0.39, 0.29) is 17.2 Å². The van der Waals surface area contributed by atoms with E-state index in [2.05, 4.69) is 10.6 Å². The lowest BCUT2D eigenvalue weighted by atomic mass is 10.1. The summed E-state index contributed by atoms with van der Waals surface area (Å²) in [6.45, 7) is 3.01. The van der Waals surface area contributed by atoms with Gasteiger partial charge >= 0.3 is 17.9 Å². The van der Waals surface area contributed by atoms with E-state index in [0.717, 1.165) is 0 Å². The fourth-order valence-electron chi connectivity index (χ4n) is 2.43. The molecule has 7 nitrogen and oxygen atoms in total. The third-order valence-corrected chi connectivity index (χ3v) is 4.48. The van der Waals surface area contributed by atoms with Gasteiger partial charge in [-0.3, -0.25) is 9.59 Å². The first-order valence-corrected chi connectivity index (χ1v) is 8.65. The van der Waals surface area contributed by atoms with Crippen molar-refractivity contribution >= 4 is 46.8 Å². The van der Waals surface area contributed by atoms with Crippen LogP contribution >= 0.6 is 23.2 Å². The van der Waals surface area contributed by atoms with Crippen molar-refractivity contribution in [1.82, 2.24) is 10.2 Å². The van der Waals surface area contributed by atoms with Crippen LogP contribution < -0.4 is 10.6 Å². The van der Waals surface area contributed by atoms with Crippen molar-refractivity contribution in [3.05, 3.63) is 28.2 Å². The molecular weight excluding hydrogens is 369 g/mol. The lowest BCUT2D eigenvalue weighted by Crippen LogP contribution is -2.49. The number of hydrogen-bond acceptors (Lipinski definition) is 4. The van der Waals surface area contributed by atoms with E-state index in [9.17, 15) is 14.4 Å². The molecule has 0 atom stereocenters. The van der Waals surface area contributed by atoms with Gasteiger partial charge in [0.2, 0.25) is 0 Å². The number of nitrogens with one attached hydrogen (secondary N) is 2. The van der Waals surface area contributed by atoms with Gasteiger partial charge in [0.1, 0.15) is 0 Å². The van der Waals surface area contributed by atoms with Gasteiger partial charge in [0.15, 0.2) is 0 Å². The van der Waals surface area contributed by atoms with Gasteiger partial charge in [-0.1, -0.05) is 23.2 Å². The average Bonchev–Trinajstić information content (AvgIpc) is 2.59. The van der Waals surface area contributed by atoms with Crippen LogP contribution in [0.15, 0.2) is 18.2 Å². The highest BCUT2D eigenvalue weighted by molar-refractivity contribution is 6.43. The van der Waals surface area contributed by atoms with Crippen molar-refractivity contribution in [2.45, 2.75) is 25.8 Å². The van der Waals surface area contributed by atoms with E-state index in [1.54, 1.807) is 17.9 Å². The SMILES string of the molecule is CCOC(=O)N1CCC(NC(=O)C(=O)Nc2ccc(Cl)c(Cl)c2)CC1. The standard InChI is InChI=1S/C16H19Cl2N3O4/c1-2-25-16(24)21-7-5-10(6-8-21)19-14(22)15(23)20-11-3-4-12(17)13(18)9-11/h3-4,9-10H,2,5-8H2,1H3,(H,19,22)(H,20,23). The number of rotatable bonds is 3. The van der Waals surface area contributed by atoms with Crippen molar-refractivity contribution in [3.8, 4) is 0 Å². The van der Waals surface area contributed by atoms with Crippen LogP contribution in [0.3, 0.4) is 0 Å². The highest BCUT2D eigenvalue weighted by Crippen LogP contribution is 2.24. The minimum Gasteiger partial charge on any atom is -0.450 e. The van der Waals surface area contributed by atoms with Crippen LogP contribution in [0, 0.1) is 0 Å². The molecule has 2 rings (SSSR count). The van der Waals surface area contributed by atoms with Crippen LogP contribution in [0.4, 0.5) is 10.5 Å². The van der Waals surface area contributed by atoms with Gasteiger partial charge in [0, 0.05) is 24.8 Å². The lowest BCUT2D eigenvalue weighted by Gasteiger charge is -2.31. The molecule has 2 N–H and O–H groups in total. The minimum absolute atomic E-state index is 0.169. The highest BCUT2D eigenvalue weighted by Gasteiger charge is 2.26. The average molecular weight is 388 g/mol. The molecule has 1 aliphatic rings. The molecular formula is C16H19Cl2N3O4. The Labute approximate surface area is 155 Å². The monoisotopic (exact) mass is 387 g/mol. The van der Waals surface area contributed by atoms with Gasteiger partial charge in [-0.15, -0.1) is 0 Å². The summed E-state index contributed by atoms with van der Waals surface area (Å²) < 4.78 is 4.94. The second-order valence-corrected chi connectivity index (χ2v) is 6.33. The molecule has 1 saturated heterocycles. The van der Waals surface area contributed by atoms with E-state index in [0.29, 0.717) is 43.2 Å². The first-order valence-electron chi connectivity index (χ1n) is 7.89. The Morgan fingerprint density at radius 3 is 2.44 bits per heavy atom. The summed E-state index contributed by atoms with van der Waals surface area (Å²) in [6, 6.07) is 4.38. The fraction of sp³-hybridized carbons (Fsp3) is 0.438. The number of ether oxygens (including phenoxy) is 1. The maximum Gasteiger partial charge on any atom is 0.409 e. The number of nitrogens with zero attached hydrogens (tertiary/aromatic N) is 1. The molecule has 1 aliphatic heterocycles. The van der Waals surface area contributed by atoms with Crippen LogP contribution in [-0.4, -0.2) is 48.5 Å². The van der Waals surface area contributed by atoms with Crippen LogP contribution in [0.1, 0.15) is 19.8 Å². The number of hydrogen-bond donors (Lipinski definition) is 2. The summed E-state index contributed by atoms with van der Waals surface area (Å²) in [6.07, 6.45) is 0.763. The predicted molar refractivity (Wildman–Crippen MR) is 94.9 cm³/mol. The number of halogens is 2. The second kappa shape index (κ2) is 8.92. The molecule has 3 amide bonds.